The number of nitrogens with one attached hydrogen (secondary N) is 4. The minimum atomic E-state index is -0.842. The smallest absolute Gasteiger partial charge is 0.407 e. The Morgan fingerprint density at radius 3 is 1.42 bits per heavy atom. The predicted molar refractivity (Wildman–Crippen MR) is 211 cm³/mol. The lowest BCUT2D eigenvalue weighted by Crippen LogP contribution is -2.53. The van der Waals surface area contributed by atoms with Gasteiger partial charge < -0.3 is 69.0 Å². The Morgan fingerprint density at radius 2 is 1.02 bits per heavy atom. The number of anilines is 1. The molecule has 18 nitrogen and oxygen atoms in total. The van der Waals surface area contributed by atoms with Crippen LogP contribution in [0.3, 0.4) is 0 Å². The highest BCUT2D eigenvalue weighted by Gasteiger charge is 2.27. The van der Waals surface area contributed by atoms with Crippen molar-refractivity contribution in [2.24, 2.45) is 5.92 Å². The van der Waals surface area contributed by atoms with Crippen molar-refractivity contribution in [3.63, 3.8) is 0 Å². The molecule has 0 radical (unpaired) electrons. The molecule has 5 N–H and O–H groups in total. The number of alkyl carbamates (subject to hydrolysis) is 1. The second-order valence-electron chi connectivity index (χ2n) is 13.9. The third-order valence-electron chi connectivity index (χ3n) is 7.41. The van der Waals surface area contributed by atoms with Crippen molar-refractivity contribution in [3.8, 4) is 0 Å². The molecule has 0 aliphatic rings. The van der Waals surface area contributed by atoms with E-state index in [1.54, 1.807) is 65.8 Å². The van der Waals surface area contributed by atoms with E-state index in [0.29, 0.717) is 117 Å². The van der Waals surface area contributed by atoms with E-state index in [1.807, 2.05) is 0 Å². The molecule has 0 unspecified atom stereocenters. The summed E-state index contributed by atoms with van der Waals surface area (Å²) in [6.07, 6.45) is -0.405. The van der Waals surface area contributed by atoms with E-state index in [0.717, 1.165) is 0 Å². The molecule has 2 atom stereocenters. The topological polar surface area (TPSA) is 220 Å². The number of amides is 4. The average Bonchev–Trinajstić information content (AvgIpc) is 3.16. The number of ether oxygens (including phenoxy) is 9. The van der Waals surface area contributed by atoms with Gasteiger partial charge in [-0.2, -0.15) is 0 Å². The molecular weight excluding hydrogens is 748 g/mol. The monoisotopic (exact) mass is 816 g/mol. The molecule has 0 spiro atoms. The van der Waals surface area contributed by atoms with E-state index < -0.39 is 35.6 Å². The molecule has 4 amide bonds. The maximum Gasteiger partial charge on any atom is 0.407 e. The summed E-state index contributed by atoms with van der Waals surface area (Å²) in [5.74, 6) is -1.43. The van der Waals surface area contributed by atoms with E-state index in [2.05, 4.69) is 21.3 Å². The number of benzene rings is 1. The highest BCUT2D eigenvalue weighted by atomic mass is 16.6. The van der Waals surface area contributed by atoms with Crippen LogP contribution in [-0.4, -0.2) is 159 Å². The van der Waals surface area contributed by atoms with Crippen LogP contribution in [0.15, 0.2) is 24.3 Å². The first-order valence-electron chi connectivity index (χ1n) is 19.5. The Balaban J connectivity index is 1.90. The number of rotatable bonds is 34. The number of aliphatic hydroxyl groups is 1. The van der Waals surface area contributed by atoms with Crippen LogP contribution in [0, 0.1) is 5.92 Å². The van der Waals surface area contributed by atoms with Crippen molar-refractivity contribution in [2.45, 2.75) is 72.3 Å². The van der Waals surface area contributed by atoms with E-state index in [4.69, 9.17) is 47.7 Å². The SMILES string of the molecule is CC(C)[C@H](NC(=O)CCOCCOCCOCCOCCOCCOCCOCCOCCNC(=O)OC(C)(C)C)C(=O)N[C@@H](C)C(=O)Nc1ccc(CO)cc1. The van der Waals surface area contributed by atoms with Gasteiger partial charge in [0.15, 0.2) is 0 Å². The van der Waals surface area contributed by atoms with Crippen LogP contribution >= 0.6 is 0 Å². The normalized spacial score (nSPS) is 12.6. The molecule has 0 saturated carbocycles. The van der Waals surface area contributed by atoms with Crippen molar-refractivity contribution in [1.29, 1.82) is 0 Å². The van der Waals surface area contributed by atoms with Crippen LogP contribution in [-0.2, 0) is 63.6 Å². The number of hydrogen-bond donors (Lipinski definition) is 5. The third-order valence-corrected chi connectivity index (χ3v) is 7.41. The summed E-state index contributed by atoms with van der Waals surface area (Å²) >= 11 is 0. The lowest BCUT2D eigenvalue weighted by molar-refractivity contribution is -0.132. The lowest BCUT2D eigenvalue weighted by Gasteiger charge is -2.24. The second-order valence-corrected chi connectivity index (χ2v) is 13.9. The summed E-state index contributed by atoms with van der Waals surface area (Å²) in [5.41, 5.74) is 0.724. The highest BCUT2D eigenvalue weighted by Crippen LogP contribution is 2.10. The fourth-order valence-corrected chi connectivity index (χ4v) is 4.44. The molecule has 0 aromatic heterocycles. The number of carbonyl (C=O) groups excluding carboxylic acids is 4. The molecule has 0 heterocycles. The van der Waals surface area contributed by atoms with E-state index in [-0.39, 0.29) is 31.5 Å². The van der Waals surface area contributed by atoms with Gasteiger partial charge in [-0.05, 0) is 51.3 Å². The summed E-state index contributed by atoms with van der Waals surface area (Å²) < 4.78 is 48.8. The van der Waals surface area contributed by atoms with Gasteiger partial charge in [-0.25, -0.2) is 4.79 Å². The van der Waals surface area contributed by atoms with Crippen molar-refractivity contribution < 1.29 is 66.9 Å². The van der Waals surface area contributed by atoms with Crippen LogP contribution in [0.25, 0.3) is 0 Å². The lowest BCUT2D eigenvalue weighted by atomic mass is 10.0. The first-order chi connectivity index (χ1) is 27.3. The van der Waals surface area contributed by atoms with Crippen LogP contribution < -0.4 is 21.3 Å². The molecule has 0 saturated heterocycles. The summed E-state index contributed by atoms with van der Waals surface area (Å²) in [4.78, 5) is 49.4. The summed E-state index contributed by atoms with van der Waals surface area (Å²) in [6, 6.07) is 5.04. The number of aliphatic hydroxyl groups excluding tert-OH is 1. The van der Waals surface area contributed by atoms with Gasteiger partial charge in [0.2, 0.25) is 17.7 Å². The van der Waals surface area contributed by atoms with Crippen LogP contribution in [0.5, 0.6) is 0 Å². The first kappa shape index (κ1) is 51.6. The summed E-state index contributed by atoms with van der Waals surface area (Å²) in [6.45, 7) is 17.2. The van der Waals surface area contributed by atoms with Gasteiger partial charge in [0.05, 0.1) is 112 Å². The van der Waals surface area contributed by atoms with Gasteiger partial charge in [0.25, 0.3) is 0 Å². The molecule has 57 heavy (non-hydrogen) atoms. The zero-order valence-corrected chi connectivity index (χ0v) is 34.7. The Bertz CT molecular complexity index is 1220. The first-order valence-corrected chi connectivity index (χ1v) is 19.5. The Morgan fingerprint density at radius 1 is 0.596 bits per heavy atom. The zero-order valence-electron chi connectivity index (χ0n) is 34.7. The van der Waals surface area contributed by atoms with Crippen molar-refractivity contribution in [1.82, 2.24) is 16.0 Å². The van der Waals surface area contributed by atoms with Gasteiger partial charge in [0, 0.05) is 18.7 Å². The summed E-state index contributed by atoms with van der Waals surface area (Å²) in [7, 11) is 0. The fourth-order valence-electron chi connectivity index (χ4n) is 4.44. The largest absolute Gasteiger partial charge is 0.444 e. The van der Waals surface area contributed by atoms with E-state index in [1.165, 1.54) is 0 Å². The molecule has 0 aliphatic heterocycles. The molecule has 18 heteroatoms. The van der Waals surface area contributed by atoms with Crippen molar-refractivity contribution >= 4 is 29.5 Å². The summed E-state index contributed by atoms with van der Waals surface area (Å²) in [5, 5.41) is 19.9. The molecule has 0 bridgehead atoms. The van der Waals surface area contributed by atoms with Gasteiger partial charge in [0.1, 0.15) is 17.7 Å². The van der Waals surface area contributed by atoms with E-state index >= 15 is 0 Å². The molecule has 0 fully saturated rings. The Kier molecular flexibility index (Phi) is 29.4. The fraction of sp³-hybridized carbons (Fsp3) is 0.744. The Labute approximate surface area is 337 Å². The third kappa shape index (κ3) is 29.4. The van der Waals surface area contributed by atoms with Crippen molar-refractivity contribution in [3.05, 3.63) is 29.8 Å². The molecule has 1 aromatic carbocycles. The quantitative estimate of drug-likeness (QED) is 0.0627. The molecular formula is C39H68N4O14. The highest BCUT2D eigenvalue weighted by molar-refractivity contribution is 5.98. The van der Waals surface area contributed by atoms with Gasteiger partial charge in [-0.1, -0.05) is 26.0 Å². The number of hydrogen-bond acceptors (Lipinski definition) is 14. The van der Waals surface area contributed by atoms with Crippen LogP contribution in [0.1, 0.15) is 53.5 Å². The van der Waals surface area contributed by atoms with Gasteiger partial charge in [-0.15, -0.1) is 0 Å². The van der Waals surface area contributed by atoms with Gasteiger partial charge >= 0.3 is 6.09 Å². The maximum absolute atomic E-state index is 12.9. The predicted octanol–water partition coefficient (Wildman–Crippen LogP) is 1.81. The van der Waals surface area contributed by atoms with Crippen molar-refractivity contribution in [2.75, 3.05) is 118 Å². The minimum Gasteiger partial charge on any atom is -0.444 e. The standard InChI is InChI=1S/C39H68N4O14/c1-30(2)35(37(47)41-31(3)36(46)42-33-9-7-32(29-44)8-10-33)43-34(45)11-13-49-15-17-51-19-21-53-23-25-55-27-28-56-26-24-54-22-20-52-18-16-50-14-12-40-38(48)57-39(4,5)6/h7-10,30-31,35,44H,11-29H2,1-6H3,(H,40,48)(H,41,47)(H,42,46)(H,43,45)/t31-,35-/m0/s1. The van der Waals surface area contributed by atoms with Crippen LogP contribution in [0.2, 0.25) is 0 Å². The molecule has 1 aromatic rings. The molecule has 0 aliphatic carbocycles. The van der Waals surface area contributed by atoms with Gasteiger partial charge in [-0.3, -0.25) is 14.4 Å². The molecule has 1 rings (SSSR count). The molecule has 328 valence electrons. The second kappa shape index (κ2) is 32.5. The van der Waals surface area contributed by atoms with E-state index in [9.17, 15) is 19.2 Å². The van der Waals surface area contributed by atoms with Crippen LogP contribution in [0.4, 0.5) is 10.5 Å². The number of carbonyl (C=O) groups is 4. The minimum absolute atomic E-state index is 0.0619. The maximum atomic E-state index is 12.9. The Hall–Kier alpha value is -3.46. The average molecular weight is 817 g/mol. The zero-order chi connectivity index (χ0) is 42.2.